The highest BCUT2D eigenvalue weighted by atomic mass is 32.2. The van der Waals surface area contributed by atoms with Gasteiger partial charge in [-0.15, -0.1) is 11.8 Å². The van der Waals surface area contributed by atoms with Crippen LogP contribution in [0.25, 0.3) is 0 Å². The lowest BCUT2D eigenvalue weighted by Gasteiger charge is -2.16. The fraction of sp³-hybridized carbons (Fsp3) is 0.316. The van der Waals surface area contributed by atoms with Gasteiger partial charge in [-0.2, -0.15) is 0 Å². The van der Waals surface area contributed by atoms with Gasteiger partial charge in [-0.25, -0.2) is 0 Å². The number of nitrogens with zero attached hydrogens (tertiary/aromatic N) is 1. The van der Waals surface area contributed by atoms with E-state index in [1.165, 1.54) is 11.8 Å². The Kier molecular flexibility index (Phi) is 6.25. The second kappa shape index (κ2) is 8.82. The molecule has 1 fully saturated rings. The largest absolute Gasteiger partial charge is 0.481 e. The average molecular weight is 371 g/mol. The number of nitrogens with one attached hydrogen (secondary N) is 2. The molecule has 2 atom stereocenters. The van der Waals surface area contributed by atoms with Crippen LogP contribution >= 0.6 is 11.8 Å². The number of carbonyl (C=O) groups excluding carboxylic acids is 1. The molecule has 1 aromatic carbocycles. The lowest BCUT2D eigenvalue weighted by Crippen LogP contribution is -2.35. The number of carbonyl (C=O) groups is 2. The number of benzene rings is 1. The van der Waals surface area contributed by atoms with Gasteiger partial charge in [0.15, 0.2) is 0 Å². The Bertz CT molecular complexity index is 764. The molecule has 1 aliphatic rings. The number of thioether (sulfide) groups is 1. The molecule has 136 valence electrons. The summed E-state index contributed by atoms with van der Waals surface area (Å²) < 4.78 is 0. The highest BCUT2D eigenvalue weighted by molar-refractivity contribution is 7.99. The number of hydrogen-bond donors (Lipinski definition) is 3. The smallest absolute Gasteiger partial charge is 0.304 e. The molecular formula is C19H21N3O3S. The summed E-state index contributed by atoms with van der Waals surface area (Å²) in [4.78, 5) is 28.5. The van der Waals surface area contributed by atoms with Crippen molar-refractivity contribution in [2.75, 3.05) is 11.9 Å². The summed E-state index contributed by atoms with van der Waals surface area (Å²) in [6.07, 6.45) is 5.22. The number of pyridine rings is 1. The molecule has 0 saturated carbocycles. The molecule has 0 aliphatic carbocycles. The molecule has 1 aromatic heterocycles. The van der Waals surface area contributed by atoms with Crippen molar-refractivity contribution in [3.63, 3.8) is 0 Å². The molecule has 0 radical (unpaired) electrons. The summed E-state index contributed by atoms with van der Waals surface area (Å²) in [5.74, 6) is -0.887. The zero-order valence-electron chi connectivity index (χ0n) is 14.2. The fourth-order valence-electron chi connectivity index (χ4n) is 2.90. The number of carboxylic acid groups (broad SMARTS) is 1. The van der Waals surface area contributed by atoms with Crippen LogP contribution < -0.4 is 10.6 Å². The minimum atomic E-state index is -0.858. The van der Waals surface area contributed by atoms with Crippen molar-refractivity contribution in [2.45, 2.75) is 35.4 Å². The molecule has 2 aromatic rings. The topological polar surface area (TPSA) is 91.3 Å². The molecule has 2 heterocycles. The van der Waals surface area contributed by atoms with Crippen molar-refractivity contribution in [3.05, 3.63) is 54.4 Å². The van der Waals surface area contributed by atoms with Gasteiger partial charge >= 0.3 is 5.97 Å². The van der Waals surface area contributed by atoms with E-state index < -0.39 is 5.97 Å². The SMILES string of the molecule is O=C(O)CC(Sc1cccc(NC(=O)[C@H]2CCCN2)c1)c1cccnc1. The second-order valence-corrected chi connectivity index (χ2v) is 7.43. The zero-order chi connectivity index (χ0) is 18.4. The number of amides is 1. The van der Waals surface area contributed by atoms with Gasteiger partial charge in [-0.1, -0.05) is 12.1 Å². The van der Waals surface area contributed by atoms with Gasteiger partial charge in [-0.3, -0.25) is 14.6 Å². The molecule has 7 heteroatoms. The Labute approximate surface area is 156 Å². The van der Waals surface area contributed by atoms with Crippen LogP contribution in [0.5, 0.6) is 0 Å². The Hall–Kier alpha value is -2.38. The van der Waals surface area contributed by atoms with Crippen LogP contribution in [0.1, 0.15) is 30.1 Å². The third kappa shape index (κ3) is 5.06. The van der Waals surface area contributed by atoms with E-state index in [-0.39, 0.29) is 23.6 Å². The van der Waals surface area contributed by atoms with Gasteiger partial charge in [0.05, 0.1) is 12.5 Å². The van der Waals surface area contributed by atoms with Gasteiger partial charge in [0.2, 0.25) is 5.91 Å². The van der Waals surface area contributed by atoms with Crippen molar-refractivity contribution < 1.29 is 14.7 Å². The van der Waals surface area contributed by atoms with E-state index in [2.05, 4.69) is 15.6 Å². The molecular weight excluding hydrogens is 350 g/mol. The average Bonchev–Trinajstić information content (AvgIpc) is 3.17. The molecule has 1 saturated heterocycles. The van der Waals surface area contributed by atoms with E-state index >= 15 is 0 Å². The molecule has 1 amide bonds. The van der Waals surface area contributed by atoms with Crippen LogP contribution in [0.2, 0.25) is 0 Å². The van der Waals surface area contributed by atoms with E-state index in [0.29, 0.717) is 5.69 Å². The highest BCUT2D eigenvalue weighted by Gasteiger charge is 2.22. The van der Waals surface area contributed by atoms with Crippen molar-refractivity contribution >= 4 is 29.3 Å². The van der Waals surface area contributed by atoms with Crippen molar-refractivity contribution in [1.29, 1.82) is 0 Å². The molecule has 0 bridgehead atoms. The van der Waals surface area contributed by atoms with E-state index in [4.69, 9.17) is 0 Å². The molecule has 0 spiro atoms. The minimum Gasteiger partial charge on any atom is -0.481 e. The molecule has 3 N–H and O–H groups in total. The normalized spacial score (nSPS) is 17.6. The van der Waals surface area contributed by atoms with Gasteiger partial charge in [0.25, 0.3) is 0 Å². The maximum absolute atomic E-state index is 12.2. The zero-order valence-corrected chi connectivity index (χ0v) is 15.0. The van der Waals surface area contributed by atoms with Crippen molar-refractivity contribution in [1.82, 2.24) is 10.3 Å². The number of carboxylic acids is 1. The first kappa shape index (κ1) is 18.4. The van der Waals surface area contributed by atoms with Crippen LogP contribution in [-0.2, 0) is 9.59 Å². The molecule has 1 unspecified atom stereocenters. The van der Waals surface area contributed by atoms with Crippen LogP contribution in [0.4, 0.5) is 5.69 Å². The van der Waals surface area contributed by atoms with E-state index in [1.807, 2.05) is 30.3 Å². The first-order valence-electron chi connectivity index (χ1n) is 8.54. The molecule has 1 aliphatic heterocycles. The monoisotopic (exact) mass is 371 g/mol. The van der Waals surface area contributed by atoms with Crippen molar-refractivity contribution in [2.24, 2.45) is 0 Å². The maximum Gasteiger partial charge on any atom is 0.304 e. The predicted octanol–water partition coefficient (Wildman–Crippen LogP) is 3.08. The lowest BCUT2D eigenvalue weighted by atomic mass is 10.1. The summed E-state index contributed by atoms with van der Waals surface area (Å²) in [6, 6.07) is 11.0. The summed E-state index contributed by atoms with van der Waals surface area (Å²) in [7, 11) is 0. The Morgan fingerprint density at radius 2 is 2.23 bits per heavy atom. The standard InChI is InChI=1S/C19H21N3O3S/c23-18(24)11-17(13-4-2-8-20-12-13)26-15-6-1-5-14(10-15)22-19(25)16-7-3-9-21-16/h1-2,4-6,8,10,12,16-17,21H,3,7,9,11H2,(H,22,25)(H,23,24)/t16-,17?/m1/s1. The number of hydrogen-bond acceptors (Lipinski definition) is 5. The Morgan fingerprint density at radius 1 is 1.35 bits per heavy atom. The fourth-order valence-corrected chi connectivity index (χ4v) is 4.08. The summed E-state index contributed by atoms with van der Waals surface area (Å²) in [6.45, 7) is 0.871. The van der Waals surface area contributed by atoms with E-state index in [1.54, 1.807) is 18.5 Å². The van der Waals surface area contributed by atoms with Crippen LogP contribution in [0.15, 0.2) is 53.7 Å². The van der Waals surface area contributed by atoms with Crippen LogP contribution in [0, 0.1) is 0 Å². The number of rotatable bonds is 7. The highest BCUT2D eigenvalue weighted by Crippen LogP contribution is 2.38. The first-order chi connectivity index (χ1) is 12.6. The number of aromatic nitrogens is 1. The molecule has 6 nitrogen and oxygen atoms in total. The summed E-state index contributed by atoms with van der Waals surface area (Å²) in [5, 5.41) is 15.1. The molecule has 3 rings (SSSR count). The Morgan fingerprint density at radius 3 is 2.92 bits per heavy atom. The second-order valence-electron chi connectivity index (χ2n) is 6.16. The quantitative estimate of drug-likeness (QED) is 0.648. The van der Waals surface area contributed by atoms with E-state index in [9.17, 15) is 14.7 Å². The van der Waals surface area contributed by atoms with Gasteiger partial charge in [-0.05, 0) is 49.2 Å². The van der Waals surface area contributed by atoms with Gasteiger partial charge in [0, 0.05) is 28.2 Å². The predicted molar refractivity (Wildman–Crippen MR) is 101 cm³/mol. The van der Waals surface area contributed by atoms with Crippen molar-refractivity contribution in [3.8, 4) is 0 Å². The third-order valence-corrected chi connectivity index (χ3v) is 5.42. The van der Waals surface area contributed by atoms with Gasteiger partial charge < -0.3 is 15.7 Å². The van der Waals surface area contributed by atoms with Crippen LogP contribution in [0.3, 0.4) is 0 Å². The number of anilines is 1. The third-order valence-electron chi connectivity index (χ3n) is 4.17. The maximum atomic E-state index is 12.2. The molecule has 26 heavy (non-hydrogen) atoms. The van der Waals surface area contributed by atoms with Gasteiger partial charge in [0.1, 0.15) is 0 Å². The van der Waals surface area contributed by atoms with Crippen LogP contribution in [-0.4, -0.2) is 34.6 Å². The number of aliphatic carboxylic acids is 1. The lowest BCUT2D eigenvalue weighted by molar-refractivity contribution is -0.137. The Balaban J connectivity index is 1.71. The summed E-state index contributed by atoms with van der Waals surface area (Å²) >= 11 is 1.46. The first-order valence-corrected chi connectivity index (χ1v) is 9.42. The van der Waals surface area contributed by atoms with E-state index in [0.717, 1.165) is 29.8 Å². The summed E-state index contributed by atoms with van der Waals surface area (Å²) in [5.41, 5.74) is 1.58. The minimum absolute atomic E-state index is 0.00105.